The van der Waals surface area contributed by atoms with Crippen LogP contribution in [0.5, 0.6) is 0 Å². The molecular formula is C16H21NO3. The highest BCUT2D eigenvalue weighted by Crippen LogP contribution is 2.33. The van der Waals surface area contributed by atoms with Gasteiger partial charge in [0, 0.05) is 13.1 Å². The lowest BCUT2D eigenvalue weighted by atomic mass is 9.87. The lowest BCUT2D eigenvalue weighted by molar-refractivity contribution is -0.129. The molecule has 0 spiro atoms. The smallest absolute Gasteiger partial charge is 0.335 e. The van der Waals surface area contributed by atoms with Crippen molar-refractivity contribution in [2.75, 3.05) is 13.1 Å². The van der Waals surface area contributed by atoms with Crippen molar-refractivity contribution in [1.29, 1.82) is 0 Å². The first kappa shape index (κ1) is 14.6. The van der Waals surface area contributed by atoms with Gasteiger partial charge in [-0.3, -0.25) is 4.79 Å². The molecule has 1 N–H and O–H groups in total. The first-order chi connectivity index (χ1) is 9.43. The molecule has 0 radical (unpaired) electrons. The number of carboxylic acid groups (broad SMARTS) is 1. The molecule has 1 unspecified atom stereocenters. The third-order valence-electron chi connectivity index (χ3n) is 4.32. The molecule has 1 saturated heterocycles. The lowest BCUT2D eigenvalue weighted by Crippen LogP contribution is -2.32. The van der Waals surface area contributed by atoms with E-state index in [0.717, 1.165) is 31.5 Å². The highest BCUT2D eigenvalue weighted by atomic mass is 16.4. The Balaban J connectivity index is 1.97. The molecule has 1 amide bonds. The predicted molar refractivity (Wildman–Crippen MR) is 76.7 cm³/mol. The maximum absolute atomic E-state index is 12.2. The zero-order valence-electron chi connectivity index (χ0n) is 12.1. The van der Waals surface area contributed by atoms with Crippen LogP contribution in [0.1, 0.15) is 42.6 Å². The van der Waals surface area contributed by atoms with Gasteiger partial charge in [-0.1, -0.05) is 26.0 Å². The Morgan fingerprint density at radius 1 is 1.30 bits per heavy atom. The van der Waals surface area contributed by atoms with Gasteiger partial charge < -0.3 is 10.0 Å². The predicted octanol–water partition coefficient (Wildman–Crippen LogP) is 2.58. The number of carbonyl (C=O) groups excluding carboxylic acids is 1. The van der Waals surface area contributed by atoms with E-state index in [4.69, 9.17) is 5.11 Å². The molecule has 4 nitrogen and oxygen atoms in total. The van der Waals surface area contributed by atoms with E-state index in [1.807, 2.05) is 4.90 Å². The van der Waals surface area contributed by atoms with Crippen LogP contribution >= 0.6 is 0 Å². The molecule has 1 aliphatic heterocycles. The van der Waals surface area contributed by atoms with Gasteiger partial charge in [-0.15, -0.1) is 0 Å². The number of hydrogen-bond acceptors (Lipinski definition) is 2. The Morgan fingerprint density at radius 3 is 2.45 bits per heavy atom. The van der Waals surface area contributed by atoms with E-state index in [2.05, 4.69) is 13.8 Å². The number of carbonyl (C=O) groups is 2. The average molecular weight is 275 g/mol. The molecule has 108 valence electrons. The van der Waals surface area contributed by atoms with E-state index in [0.29, 0.717) is 6.42 Å². The molecular weight excluding hydrogens is 254 g/mol. The second-order valence-corrected chi connectivity index (χ2v) is 5.91. The summed E-state index contributed by atoms with van der Waals surface area (Å²) in [5.74, 6) is -0.814. The van der Waals surface area contributed by atoms with E-state index < -0.39 is 5.97 Å². The average Bonchev–Trinajstić information content (AvgIpc) is 2.83. The second-order valence-electron chi connectivity index (χ2n) is 5.91. The van der Waals surface area contributed by atoms with Crippen molar-refractivity contribution >= 4 is 11.9 Å². The summed E-state index contributed by atoms with van der Waals surface area (Å²) in [5, 5.41) is 8.84. The van der Waals surface area contributed by atoms with E-state index in [1.54, 1.807) is 24.3 Å². The summed E-state index contributed by atoms with van der Waals surface area (Å²) in [7, 11) is 0. The van der Waals surface area contributed by atoms with E-state index in [9.17, 15) is 9.59 Å². The Bertz CT molecular complexity index is 509. The molecule has 1 aliphatic rings. The summed E-state index contributed by atoms with van der Waals surface area (Å²) in [5.41, 5.74) is 1.37. The van der Waals surface area contributed by atoms with Crippen LogP contribution in [0.2, 0.25) is 0 Å². The van der Waals surface area contributed by atoms with Crippen LogP contribution in [0.25, 0.3) is 0 Å². The van der Waals surface area contributed by atoms with Crippen LogP contribution in [-0.2, 0) is 11.2 Å². The van der Waals surface area contributed by atoms with Crippen LogP contribution in [-0.4, -0.2) is 35.0 Å². The van der Waals surface area contributed by atoms with Crippen LogP contribution < -0.4 is 0 Å². The van der Waals surface area contributed by atoms with Gasteiger partial charge in [0.15, 0.2) is 0 Å². The van der Waals surface area contributed by atoms with Crippen LogP contribution in [0.15, 0.2) is 24.3 Å². The molecule has 0 aliphatic carbocycles. The number of aromatic carboxylic acids is 1. The summed E-state index contributed by atoms with van der Waals surface area (Å²) >= 11 is 0. The molecule has 0 bridgehead atoms. The van der Waals surface area contributed by atoms with Crippen molar-refractivity contribution in [3.8, 4) is 0 Å². The normalized spacial score (nSPS) is 22.0. The first-order valence-corrected chi connectivity index (χ1v) is 7.03. The molecule has 2 rings (SSSR count). The Hall–Kier alpha value is -1.84. The van der Waals surface area contributed by atoms with Crippen LogP contribution in [0, 0.1) is 5.41 Å². The molecule has 1 fully saturated rings. The Labute approximate surface area is 119 Å². The van der Waals surface area contributed by atoms with Crippen molar-refractivity contribution in [3.05, 3.63) is 35.4 Å². The summed E-state index contributed by atoms with van der Waals surface area (Å²) in [6.45, 7) is 6.05. The number of hydrogen-bond donors (Lipinski definition) is 1. The van der Waals surface area contributed by atoms with Crippen molar-refractivity contribution < 1.29 is 14.7 Å². The quantitative estimate of drug-likeness (QED) is 0.918. The number of rotatable bonds is 4. The van der Waals surface area contributed by atoms with Crippen molar-refractivity contribution in [2.45, 2.75) is 33.1 Å². The minimum Gasteiger partial charge on any atom is -0.478 e. The Kier molecular flexibility index (Phi) is 4.12. The maximum Gasteiger partial charge on any atom is 0.335 e. The molecule has 20 heavy (non-hydrogen) atoms. The monoisotopic (exact) mass is 275 g/mol. The standard InChI is InChI=1S/C16H21NO3/c1-3-16(2)8-9-17(11-16)14(18)10-12-4-6-13(7-5-12)15(19)20/h4-7H,3,8-11H2,1-2H3,(H,19,20). The molecule has 1 aromatic carbocycles. The van der Waals surface area contributed by atoms with Crippen molar-refractivity contribution in [2.24, 2.45) is 5.41 Å². The topological polar surface area (TPSA) is 57.6 Å². The van der Waals surface area contributed by atoms with Gasteiger partial charge in [-0.25, -0.2) is 4.79 Å². The minimum absolute atomic E-state index is 0.130. The number of nitrogens with zero attached hydrogens (tertiary/aromatic N) is 1. The third kappa shape index (κ3) is 3.18. The number of carboxylic acids is 1. The van der Waals surface area contributed by atoms with Gasteiger partial charge in [-0.05, 0) is 36.0 Å². The fourth-order valence-electron chi connectivity index (χ4n) is 2.58. The van der Waals surface area contributed by atoms with E-state index in [1.165, 1.54) is 0 Å². The largest absolute Gasteiger partial charge is 0.478 e. The molecule has 0 aromatic heterocycles. The first-order valence-electron chi connectivity index (χ1n) is 7.03. The van der Waals surface area contributed by atoms with Gasteiger partial charge in [0.25, 0.3) is 0 Å². The fourth-order valence-corrected chi connectivity index (χ4v) is 2.58. The van der Waals surface area contributed by atoms with Gasteiger partial charge in [0.1, 0.15) is 0 Å². The highest BCUT2D eigenvalue weighted by molar-refractivity contribution is 5.87. The maximum atomic E-state index is 12.2. The number of likely N-dealkylation sites (tertiary alicyclic amines) is 1. The SMILES string of the molecule is CCC1(C)CCN(C(=O)Cc2ccc(C(=O)O)cc2)C1. The molecule has 0 saturated carbocycles. The van der Waals surface area contributed by atoms with E-state index in [-0.39, 0.29) is 16.9 Å². The van der Waals surface area contributed by atoms with Crippen LogP contribution in [0.3, 0.4) is 0 Å². The van der Waals surface area contributed by atoms with E-state index >= 15 is 0 Å². The summed E-state index contributed by atoms with van der Waals surface area (Å²) in [6.07, 6.45) is 2.50. The zero-order valence-corrected chi connectivity index (χ0v) is 12.1. The number of benzene rings is 1. The summed E-state index contributed by atoms with van der Waals surface area (Å²) in [6, 6.07) is 6.53. The summed E-state index contributed by atoms with van der Waals surface area (Å²) in [4.78, 5) is 24.9. The second kappa shape index (κ2) is 5.65. The molecule has 1 atom stereocenters. The molecule has 4 heteroatoms. The lowest BCUT2D eigenvalue weighted by Gasteiger charge is -2.22. The number of amides is 1. The minimum atomic E-state index is -0.943. The molecule has 1 heterocycles. The van der Waals surface area contributed by atoms with Gasteiger partial charge in [0.2, 0.25) is 5.91 Å². The van der Waals surface area contributed by atoms with Gasteiger partial charge in [-0.2, -0.15) is 0 Å². The van der Waals surface area contributed by atoms with Crippen molar-refractivity contribution in [1.82, 2.24) is 4.90 Å². The fraction of sp³-hybridized carbons (Fsp3) is 0.500. The van der Waals surface area contributed by atoms with Crippen LogP contribution in [0.4, 0.5) is 0 Å². The molecule has 1 aromatic rings. The zero-order chi connectivity index (χ0) is 14.8. The third-order valence-corrected chi connectivity index (χ3v) is 4.32. The highest BCUT2D eigenvalue weighted by Gasteiger charge is 2.34. The Morgan fingerprint density at radius 2 is 1.95 bits per heavy atom. The van der Waals surface area contributed by atoms with Crippen molar-refractivity contribution in [3.63, 3.8) is 0 Å². The van der Waals surface area contributed by atoms with Gasteiger partial charge in [0.05, 0.1) is 12.0 Å². The van der Waals surface area contributed by atoms with Gasteiger partial charge >= 0.3 is 5.97 Å². The summed E-state index contributed by atoms with van der Waals surface area (Å²) < 4.78 is 0.